The lowest BCUT2D eigenvalue weighted by atomic mass is 9.88. The van der Waals surface area contributed by atoms with Gasteiger partial charge >= 0.3 is 5.97 Å². The Kier molecular flexibility index (Phi) is 3.81. The number of carbonyl (C=O) groups is 1. The number of hydrogen-bond donors (Lipinski definition) is 2. The van der Waals surface area contributed by atoms with E-state index >= 15 is 0 Å². The summed E-state index contributed by atoms with van der Waals surface area (Å²) in [5.74, 6) is -2.43. The molecule has 17 heavy (non-hydrogen) atoms. The first kappa shape index (κ1) is 13.1. The van der Waals surface area contributed by atoms with Crippen LogP contribution in [0.25, 0.3) is 0 Å². The fourth-order valence-electron chi connectivity index (χ4n) is 1.77. The lowest BCUT2D eigenvalue weighted by Crippen LogP contribution is -2.36. The largest absolute Gasteiger partial charge is 0.480 e. The second kappa shape index (κ2) is 4.93. The van der Waals surface area contributed by atoms with E-state index in [-0.39, 0.29) is 5.56 Å². The number of halogens is 1. The molecule has 2 unspecified atom stereocenters. The van der Waals surface area contributed by atoms with Crippen LogP contribution in [0.5, 0.6) is 0 Å². The Labute approximate surface area is 98.5 Å². The third-order valence-electron chi connectivity index (χ3n) is 2.86. The van der Waals surface area contributed by atoms with Gasteiger partial charge in [-0.25, -0.2) is 4.39 Å². The fourth-order valence-corrected chi connectivity index (χ4v) is 1.77. The molecule has 3 N–H and O–H groups in total. The molecule has 90 valence electrons. The highest BCUT2D eigenvalue weighted by Gasteiger charge is 2.26. The normalized spacial score (nSPS) is 13.8. The van der Waals surface area contributed by atoms with Gasteiger partial charge in [-0.15, -0.1) is 0 Å². The van der Waals surface area contributed by atoms with Gasteiger partial charge in [0.1, 0.15) is 11.9 Å². The highest BCUT2D eigenvalue weighted by molar-refractivity contribution is 5.74. The molecule has 0 bridgehead atoms. The van der Waals surface area contributed by atoms with E-state index < -0.39 is 23.7 Å². The Morgan fingerprint density at radius 1 is 1.59 bits per heavy atom. The SMILES string of the molecule is Cc1c(C#N)ccc(F)c1C(C)C(N)C(=O)O. The molecule has 0 radical (unpaired) electrons. The van der Waals surface area contributed by atoms with Crippen molar-refractivity contribution in [1.29, 1.82) is 5.26 Å². The molecule has 2 atom stereocenters. The molecule has 5 heteroatoms. The first-order chi connectivity index (χ1) is 7.90. The van der Waals surface area contributed by atoms with E-state index in [4.69, 9.17) is 16.1 Å². The molecular formula is C12H13FN2O2. The van der Waals surface area contributed by atoms with Gasteiger partial charge in [-0.3, -0.25) is 4.79 Å². The average Bonchev–Trinajstić information content (AvgIpc) is 2.28. The van der Waals surface area contributed by atoms with Crippen molar-refractivity contribution in [2.75, 3.05) is 0 Å². The average molecular weight is 236 g/mol. The molecule has 0 fully saturated rings. The maximum atomic E-state index is 13.7. The minimum Gasteiger partial charge on any atom is -0.480 e. The van der Waals surface area contributed by atoms with E-state index in [0.717, 1.165) is 6.07 Å². The molecule has 4 nitrogen and oxygen atoms in total. The zero-order valence-corrected chi connectivity index (χ0v) is 9.57. The molecule has 0 saturated carbocycles. The van der Waals surface area contributed by atoms with Crippen LogP contribution in [-0.2, 0) is 4.79 Å². The van der Waals surface area contributed by atoms with Gasteiger partial charge < -0.3 is 10.8 Å². The van der Waals surface area contributed by atoms with Crippen LogP contribution in [0.4, 0.5) is 4.39 Å². The number of hydrogen-bond acceptors (Lipinski definition) is 3. The number of carboxylic acid groups (broad SMARTS) is 1. The lowest BCUT2D eigenvalue weighted by molar-refractivity contribution is -0.139. The Morgan fingerprint density at radius 2 is 2.18 bits per heavy atom. The van der Waals surface area contributed by atoms with Gasteiger partial charge in [-0.1, -0.05) is 6.92 Å². The second-order valence-electron chi connectivity index (χ2n) is 3.90. The van der Waals surface area contributed by atoms with Gasteiger partial charge in [-0.2, -0.15) is 5.26 Å². The molecule has 0 aromatic heterocycles. The summed E-state index contributed by atoms with van der Waals surface area (Å²) in [5, 5.41) is 17.7. The molecule has 0 aliphatic heterocycles. The minimum atomic E-state index is -1.20. The van der Waals surface area contributed by atoms with E-state index in [0.29, 0.717) is 11.1 Å². The molecule has 1 aromatic carbocycles. The molecule has 0 saturated heterocycles. The maximum absolute atomic E-state index is 13.7. The number of benzene rings is 1. The van der Waals surface area contributed by atoms with Crippen LogP contribution in [-0.4, -0.2) is 17.1 Å². The lowest BCUT2D eigenvalue weighted by Gasteiger charge is -2.19. The predicted octanol–water partition coefficient (Wildman–Crippen LogP) is 1.52. The number of nitriles is 1. The number of nitrogens with zero attached hydrogens (tertiary/aromatic N) is 1. The second-order valence-corrected chi connectivity index (χ2v) is 3.90. The van der Waals surface area contributed by atoms with Crippen molar-refractivity contribution in [3.63, 3.8) is 0 Å². The Bertz CT molecular complexity index is 494. The van der Waals surface area contributed by atoms with Crippen LogP contribution in [0.2, 0.25) is 0 Å². The van der Waals surface area contributed by atoms with E-state index in [1.54, 1.807) is 6.92 Å². The molecule has 0 spiro atoms. The topological polar surface area (TPSA) is 87.1 Å². The first-order valence-corrected chi connectivity index (χ1v) is 5.07. The van der Waals surface area contributed by atoms with Crippen molar-refractivity contribution in [3.05, 3.63) is 34.6 Å². The molecule has 0 heterocycles. The van der Waals surface area contributed by atoms with Crippen LogP contribution >= 0.6 is 0 Å². The summed E-state index contributed by atoms with van der Waals surface area (Å²) in [7, 11) is 0. The zero-order valence-electron chi connectivity index (χ0n) is 9.57. The Balaban J connectivity index is 3.31. The molecule has 0 amide bonds. The smallest absolute Gasteiger partial charge is 0.321 e. The quantitative estimate of drug-likeness (QED) is 0.832. The number of rotatable bonds is 3. The third kappa shape index (κ3) is 2.43. The summed E-state index contributed by atoms with van der Waals surface area (Å²) >= 11 is 0. The standard InChI is InChI=1S/C12H13FN2O2/c1-6-8(5-14)3-4-9(13)10(6)7(2)11(15)12(16)17/h3-4,7,11H,15H2,1-2H3,(H,16,17). The molecular weight excluding hydrogens is 223 g/mol. The van der Waals surface area contributed by atoms with Crippen LogP contribution in [0.15, 0.2) is 12.1 Å². The summed E-state index contributed by atoms with van der Waals surface area (Å²) in [6.07, 6.45) is 0. The molecule has 1 aromatic rings. The summed E-state index contributed by atoms with van der Waals surface area (Å²) in [6, 6.07) is 3.26. The number of aliphatic carboxylic acids is 1. The number of nitrogens with two attached hydrogens (primary N) is 1. The Hall–Kier alpha value is -1.93. The van der Waals surface area contributed by atoms with Gasteiger partial charge in [-0.05, 0) is 30.2 Å². The van der Waals surface area contributed by atoms with Gasteiger partial charge in [0.25, 0.3) is 0 Å². The van der Waals surface area contributed by atoms with Crippen molar-refractivity contribution in [1.82, 2.24) is 0 Å². The highest BCUT2D eigenvalue weighted by Crippen LogP contribution is 2.27. The van der Waals surface area contributed by atoms with Crippen LogP contribution < -0.4 is 5.73 Å². The minimum absolute atomic E-state index is 0.193. The van der Waals surface area contributed by atoms with Crippen molar-refractivity contribution < 1.29 is 14.3 Å². The van der Waals surface area contributed by atoms with Crippen molar-refractivity contribution in [2.24, 2.45) is 5.73 Å². The van der Waals surface area contributed by atoms with Gasteiger partial charge in [0, 0.05) is 5.92 Å². The van der Waals surface area contributed by atoms with Crippen molar-refractivity contribution >= 4 is 5.97 Å². The van der Waals surface area contributed by atoms with E-state index in [1.165, 1.54) is 13.0 Å². The van der Waals surface area contributed by atoms with Crippen molar-refractivity contribution in [2.45, 2.75) is 25.8 Å². The summed E-state index contributed by atoms with van der Waals surface area (Å²) in [6.45, 7) is 3.12. The summed E-state index contributed by atoms with van der Waals surface area (Å²) in [5.41, 5.74) is 6.43. The monoisotopic (exact) mass is 236 g/mol. The van der Waals surface area contributed by atoms with E-state index in [1.807, 2.05) is 6.07 Å². The van der Waals surface area contributed by atoms with Crippen LogP contribution in [0.3, 0.4) is 0 Å². The fraction of sp³-hybridized carbons (Fsp3) is 0.333. The highest BCUT2D eigenvalue weighted by atomic mass is 19.1. The predicted molar refractivity (Wildman–Crippen MR) is 59.9 cm³/mol. The van der Waals surface area contributed by atoms with Crippen LogP contribution in [0.1, 0.15) is 29.5 Å². The summed E-state index contributed by atoms with van der Waals surface area (Å²) in [4.78, 5) is 10.8. The Morgan fingerprint density at radius 3 is 2.65 bits per heavy atom. The first-order valence-electron chi connectivity index (χ1n) is 5.07. The summed E-state index contributed by atoms with van der Waals surface area (Å²) < 4.78 is 13.7. The van der Waals surface area contributed by atoms with E-state index in [9.17, 15) is 9.18 Å². The maximum Gasteiger partial charge on any atom is 0.321 e. The van der Waals surface area contributed by atoms with Gasteiger partial charge in [0.2, 0.25) is 0 Å². The third-order valence-corrected chi connectivity index (χ3v) is 2.86. The number of carboxylic acids is 1. The van der Waals surface area contributed by atoms with Crippen molar-refractivity contribution in [3.8, 4) is 6.07 Å². The van der Waals surface area contributed by atoms with Crippen LogP contribution in [0, 0.1) is 24.1 Å². The molecule has 1 rings (SSSR count). The zero-order chi connectivity index (χ0) is 13.2. The van der Waals surface area contributed by atoms with Gasteiger partial charge in [0.05, 0.1) is 11.6 Å². The van der Waals surface area contributed by atoms with Gasteiger partial charge in [0.15, 0.2) is 0 Å². The van der Waals surface area contributed by atoms with E-state index in [2.05, 4.69) is 0 Å². The molecule has 0 aliphatic rings. The molecule has 0 aliphatic carbocycles.